The molecule has 0 aliphatic heterocycles. The van der Waals surface area contributed by atoms with Crippen LogP contribution in [0.3, 0.4) is 0 Å². The molecule has 0 spiro atoms. The maximum atomic E-state index is 11.6. The van der Waals surface area contributed by atoms with Crippen molar-refractivity contribution >= 4 is 28.1 Å². The molecule has 0 aliphatic carbocycles. The Kier molecular flexibility index (Phi) is 3.78. The van der Waals surface area contributed by atoms with Crippen molar-refractivity contribution < 1.29 is 4.79 Å². The van der Waals surface area contributed by atoms with Crippen molar-refractivity contribution in [3.05, 3.63) is 65.4 Å². The highest BCUT2D eigenvalue weighted by atomic mass is 16.1. The summed E-state index contributed by atoms with van der Waals surface area (Å²) in [6, 6.07) is 15.4. The average molecular weight is 301 g/mol. The van der Waals surface area contributed by atoms with Gasteiger partial charge in [-0.2, -0.15) is 5.26 Å². The topological polar surface area (TPSA) is 65.8 Å². The summed E-state index contributed by atoms with van der Waals surface area (Å²) >= 11 is 0. The van der Waals surface area contributed by atoms with E-state index in [0.29, 0.717) is 16.8 Å². The predicted octanol–water partition coefficient (Wildman–Crippen LogP) is 4.36. The number of aromatic nitrogens is 1. The summed E-state index contributed by atoms with van der Waals surface area (Å²) in [5, 5.41) is 13.4. The van der Waals surface area contributed by atoms with Gasteiger partial charge in [0, 0.05) is 22.8 Å². The van der Waals surface area contributed by atoms with Crippen LogP contribution >= 0.6 is 0 Å². The normalized spacial score (nSPS) is 10.3. The number of nitriles is 1. The zero-order valence-corrected chi connectivity index (χ0v) is 12.9. The Bertz CT molecular complexity index is 937. The van der Waals surface area contributed by atoms with Gasteiger partial charge in [0.2, 0.25) is 0 Å². The number of fused-ring (bicyclic) bond motifs is 1. The number of pyridine rings is 1. The molecule has 0 saturated heterocycles. The van der Waals surface area contributed by atoms with Crippen LogP contribution in [0.2, 0.25) is 0 Å². The zero-order chi connectivity index (χ0) is 16.4. The smallest absolute Gasteiger partial charge is 0.159 e. The fourth-order valence-electron chi connectivity index (χ4n) is 2.41. The van der Waals surface area contributed by atoms with Crippen LogP contribution in [0.25, 0.3) is 10.9 Å². The van der Waals surface area contributed by atoms with Crippen molar-refractivity contribution in [2.45, 2.75) is 13.8 Å². The van der Waals surface area contributed by atoms with E-state index in [0.717, 1.165) is 22.2 Å². The van der Waals surface area contributed by atoms with Gasteiger partial charge in [-0.05, 0) is 44.2 Å². The summed E-state index contributed by atoms with van der Waals surface area (Å²) in [7, 11) is 0. The number of anilines is 2. The van der Waals surface area contributed by atoms with E-state index in [1.165, 1.54) is 6.92 Å². The van der Waals surface area contributed by atoms with E-state index < -0.39 is 0 Å². The SMILES string of the molecule is CC(=O)c1ccc2ncc(C#N)c(Nc3ccc(C)cc3)c2c1. The number of rotatable bonds is 3. The Morgan fingerprint density at radius 1 is 1.17 bits per heavy atom. The summed E-state index contributed by atoms with van der Waals surface area (Å²) in [4.78, 5) is 15.9. The molecule has 0 radical (unpaired) electrons. The van der Waals surface area contributed by atoms with Crippen LogP contribution in [0.5, 0.6) is 0 Å². The third kappa shape index (κ3) is 2.90. The molecule has 112 valence electrons. The molecule has 1 N–H and O–H groups in total. The van der Waals surface area contributed by atoms with Crippen LogP contribution in [0.15, 0.2) is 48.7 Å². The number of benzene rings is 2. The van der Waals surface area contributed by atoms with Gasteiger partial charge in [-0.15, -0.1) is 0 Å². The largest absolute Gasteiger partial charge is 0.354 e. The fourth-order valence-corrected chi connectivity index (χ4v) is 2.41. The van der Waals surface area contributed by atoms with Gasteiger partial charge in [0.1, 0.15) is 6.07 Å². The lowest BCUT2D eigenvalue weighted by atomic mass is 10.0. The average Bonchev–Trinajstić information content (AvgIpc) is 2.56. The molecule has 0 unspecified atom stereocenters. The summed E-state index contributed by atoms with van der Waals surface area (Å²) < 4.78 is 0. The second-order valence-electron chi connectivity index (χ2n) is 5.44. The van der Waals surface area contributed by atoms with Crippen LogP contribution in [0.1, 0.15) is 28.4 Å². The maximum absolute atomic E-state index is 11.6. The molecule has 3 rings (SSSR count). The van der Waals surface area contributed by atoms with Crippen molar-refractivity contribution in [2.75, 3.05) is 5.32 Å². The van der Waals surface area contributed by atoms with Gasteiger partial charge in [0.25, 0.3) is 0 Å². The van der Waals surface area contributed by atoms with Gasteiger partial charge < -0.3 is 5.32 Å². The van der Waals surface area contributed by atoms with Crippen LogP contribution in [0.4, 0.5) is 11.4 Å². The minimum absolute atomic E-state index is 0.0180. The predicted molar refractivity (Wildman–Crippen MR) is 90.9 cm³/mol. The summed E-state index contributed by atoms with van der Waals surface area (Å²) in [5.74, 6) is -0.0180. The lowest BCUT2D eigenvalue weighted by Gasteiger charge is -2.12. The quantitative estimate of drug-likeness (QED) is 0.730. The molecule has 0 saturated carbocycles. The second-order valence-corrected chi connectivity index (χ2v) is 5.44. The summed E-state index contributed by atoms with van der Waals surface area (Å²) in [6.07, 6.45) is 1.55. The van der Waals surface area contributed by atoms with Crippen molar-refractivity contribution in [1.82, 2.24) is 4.98 Å². The molecule has 0 atom stereocenters. The molecule has 0 bridgehead atoms. The number of carbonyl (C=O) groups is 1. The number of carbonyl (C=O) groups excluding carboxylic acids is 1. The molecule has 1 aromatic heterocycles. The first-order valence-corrected chi connectivity index (χ1v) is 7.26. The molecule has 0 amide bonds. The number of hydrogen-bond acceptors (Lipinski definition) is 4. The number of ketones is 1. The van der Waals surface area contributed by atoms with Crippen molar-refractivity contribution in [3.8, 4) is 6.07 Å². The van der Waals surface area contributed by atoms with Gasteiger partial charge in [0.15, 0.2) is 5.78 Å². The molecule has 4 heteroatoms. The van der Waals surface area contributed by atoms with Crippen molar-refractivity contribution in [3.63, 3.8) is 0 Å². The summed E-state index contributed by atoms with van der Waals surface area (Å²) in [5.41, 5.74) is 4.50. The zero-order valence-electron chi connectivity index (χ0n) is 12.9. The third-order valence-corrected chi connectivity index (χ3v) is 3.72. The first kappa shape index (κ1) is 14.7. The minimum Gasteiger partial charge on any atom is -0.354 e. The standard InChI is InChI=1S/C19H15N3O/c1-12-3-6-16(7-4-12)22-19-15(10-20)11-21-18-8-5-14(13(2)23)9-17(18)19/h3-9,11H,1-2H3,(H,21,22). The Balaban J connectivity index is 2.19. The number of aryl methyl sites for hydroxylation is 1. The second kappa shape index (κ2) is 5.90. The lowest BCUT2D eigenvalue weighted by molar-refractivity contribution is 0.101. The highest BCUT2D eigenvalue weighted by Crippen LogP contribution is 2.29. The number of hydrogen-bond donors (Lipinski definition) is 1. The van der Waals surface area contributed by atoms with E-state index >= 15 is 0 Å². The Morgan fingerprint density at radius 3 is 2.57 bits per heavy atom. The van der Waals surface area contributed by atoms with Crippen LogP contribution < -0.4 is 5.32 Å². The Morgan fingerprint density at radius 2 is 1.91 bits per heavy atom. The Labute approximate surface area is 134 Å². The monoisotopic (exact) mass is 301 g/mol. The maximum Gasteiger partial charge on any atom is 0.159 e. The van der Waals surface area contributed by atoms with Crippen LogP contribution in [-0.4, -0.2) is 10.8 Å². The van der Waals surface area contributed by atoms with Gasteiger partial charge in [0.05, 0.1) is 16.8 Å². The molecule has 3 aromatic rings. The van der Waals surface area contributed by atoms with E-state index in [4.69, 9.17) is 0 Å². The van der Waals surface area contributed by atoms with Crippen molar-refractivity contribution in [2.24, 2.45) is 0 Å². The van der Waals surface area contributed by atoms with Crippen LogP contribution in [0, 0.1) is 18.3 Å². The molecule has 1 heterocycles. The molecule has 0 aliphatic rings. The molecule has 0 fully saturated rings. The molecule has 4 nitrogen and oxygen atoms in total. The highest BCUT2D eigenvalue weighted by Gasteiger charge is 2.11. The summed E-state index contributed by atoms with van der Waals surface area (Å²) in [6.45, 7) is 3.54. The fraction of sp³-hybridized carbons (Fsp3) is 0.105. The van der Waals surface area contributed by atoms with E-state index in [1.54, 1.807) is 24.4 Å². The number of Topliss-reactive ketones (excluding diaryl/α,β-unsaturated/α-hetero) is 1. The first-order chi connectivity index (χ1) is 11.1. The Hall–Kier alpha value is -3.19. The minimum atomic E-state index is -0.0180. The molecule has 23 heavy (non-hydrogen) atoms. The third-order valence-electron chi connectivity index (χ3n) is 3.72. The lowest BCUT2D eigenvalue weighted by Crippen LogP contribution is -1.99. The van der Waals surface area contributed by atoms with E-state index in [9.17, 15) is 10.1 Å². The molecular weight excluding hydrogens is 286 g/mol. The van der Waals surface area contributed by atoms with E-state index in [-0.39, 0.29) is 5.78 Å². The van der Waals surface area contributed by atoms with Gasteiger partial charge in [-0.1, -0.05) is 17.7 Å². The van der Waals surface area contributed by atoms with Crippen LogP contribution in [-0.2, 0) is 0 Å². The number of nitrogens with one attached hydrogen (secondary N) is 1. The highest BCUT2D eigenvalue weighted by molar-refractivity contribution is 6.02. The van der Waals surface area contributed by atoms with Crippen molar-refractivity contribution in [1.29, 1.82) is 5.26 Å². The van der Waals surface area contributed by atoms with Gasteiger partial charge in [-0.3, -0.25) is 9.78 Å². The number of nitrogens with zero attached hydrogens (tertiary/aromatic N) is 2. The first-order valence-electron chi connectivity index (χ1n) is 7.26. The van der Waals surface area contributed by atoms with E-state index in [2.05, 4.69) is 16.4 Å². The van der Waals surface area contributed by atoms with E-state index in [1.807, 2.05) is 31.2 Å². The molecular formula is C19H15N3O. The molecule has 2 aromatic carbocycles. The van der Waals surface area contributed by atoms with Gasteiger partial charge >= 0.3 is 0 Å². The van der Waals surface area contributed by atoms with Gasteiger partial charge in [-0.25, -0.2) is 0 Å².